The average Bonchev–Trinajstić information content (AvgIpc) is 2.77. The third kappa shape index (κ3) is 6.84. The van der Waals surface area contributed by atoms with E-state index in [0.29, 0.717) is 18.7 Å². The number of aryl methyl sites for hydroxylation is 1. The maximum atomic E-state index is 12.3. The van der Waals surface area contributed by atoms with Crippen LogP contribution in [0.3, 0.4) is 0 Å². The lowest BCUT2D eigenvalue weighted by molar-refractivity contribution is 0.0947. The van der Waals surface area contributed by atoms with Crippen molar-refractivity contribution in [3.63, 3.8) is 0 Å². The van der Waals surface area contributed by atoms with E-state index in [9.17, 15) is 4.79 Å². The second kappa shape index (κ2) is 10.9. The minimum atomic E-state index is -0.0909. The molecule has 0 heterocycles. The minimum absolute atomic E-state index is 0.0909. The topological polar surface area (TPSA) is 38.3 Å². The van der Waals surface area contributed by atoms with Crippen LogP contribution < -0.4 is 10.1 Å². The molecule has 0 aromatic heterocycles. The number of benzene rings is 3. The largest absolute Gasteiger partial charge is 0.492 e. The Morgan fingerprint density at radius 1 is 0.931 bits per heavy atom. The van der Waals surface area contributed by atoms with Gasteiger partial charge in [0, 0.05) is 21.2 Å². The number of carbonyl (C=O) groups is 1. The number of rotatable bonds is 9. The van der Waals surface area contributed by atoms with Crippen LogP contribution in [0.25, 0.3) is 0 Å². The fraction of sp³-hybridized carbons (Fsp3) is 0.208. The number of hydrogen-bond donors (Lipinski definition) is 1. The van der Waals surface area contributed by atoms with Crippen LogP contribution in [0, 0.1) is 0 Å². The lowest BCUT2D eigenvalue weighted by atomic mass is 10.1. The van der Waals surface area contributed by atoms with Crippen LogP contribution in [0.4, 0.5) is 0 Å². The fourth-order valence-electron chi connectivity index (χ4n) is 2.71. The second-order valence-corrected chi connectivity index (χ2v) is 8.03. The normalized spacial score (nSPS) is 10.6. The van der Waals surface area contributed by atoms with Gasteiger partial charge in [-0.25, -0.2) is 0 Å². The fourth-order valence-corrected chi connectivity index (χ4v) is 3.69. The number of amides is 1. The molecule has 3 rings (SSSR count). The van der Waals surface area contributed by atoms with Crippen molar-refractivity contribution in [2.75, 3.05) is 13.2 Å². The van der Waals surface area contributed by atoms with Gasteiger partial charge in [-0.3, -0.25) is 4.79 Å². The molecule has 29 heavy (non-hydrogen) atoms. The first kappa shape index (κ1) is 21.3. The van der Waals surface area contributed by atoms with E-state index < -0.39 is 0 Å². The molecule has 3 aromatic rings. The Morgan fingerprint density at radius 2 is 1.59 bits per heavy atom. The smallest absolute Gasteiger partial charge is 0.251 e. The van der Waals surface area contributed by atoms with Gasteiger partial charge in [0.05, 0.1) is 6.54 Å². The first-order chi connectivity index (χ1) is 14.1. The Bertz CT molecular complexity index is 909. The lowest BCUT2D eigenvalue weighted by Gasteiger charge is -2.09. The van der Waals surface area contributed by atoms with E-state index >= 15 is 0 Å². The van der Waals surface area contributed by atoms with Gasteiger partial charge in [-0.1, -0.05) is 42.8 Å². The molecule has 3 aromatic carbocycles. The van der Waals surface area contributed by atoms with Gasteiger partial charge >= 0.3 is 0 Å². The molecule has 0 atom stereocenters. The van der Waals surface area contributed by atoms with Gasteiger partial charge in [0.1, 0.15) is 12.4 Å². The molecule has 0 saturated heterocycles. The Morgan fingerprint density at radius 3 is 2.24 bits per heavy atom. The number of ether oxygens (including phenoxy) is 1. The van der Waals surface area contributed by atoms with Crippen LogP contribution in [0.15, 0.2) is 77.7 Å². The maximum Gasteiger partial charge on any atom is 0.251 e. The summed E-state index contributed by atoms with van der Waals surface area (Å²) in [4.78, 5) is 13.4. The zero-order chi connectivity index (χ0) is 20.5. The summed E-state index contributed by atoms with van der Waals surface area (Å²) in [6.45, 7) is 3.02. The van der Waals surface area contributed by atoms with Gasteiger partial charge in [0.25, 0.3) is 5.91 Å². The van der Waals surface area contributed by atoms with Crippen molar-refractivity contribution in [2.45, 2.75) is 24.0 Å². The number of thioether (sulfide) groups is 1. The van der Waals surface area contributed by atoms with Crippen molar-refractivity contribution < 1.29 is 9.53 Å². The van der Waals surface area contributed by atoms with Gasteiger partial charge in [-0.05, 0) is 66.1 Å². The van der Waals surface area contributed by atoms with E-state index in [4.69, 9.17) is 16.3 Å². The summed E-state index contributed by atoms with van der Waals surface area (Å²) >= 11 is 7.65. The minimum Gasteiger partial charge on any atom is -0.492 e. The zero-order valence-corrected chi connectivity index (χ0v) is 17.9. The Kier molecular flexibility index (Phi) is 8.03. The number of hydrogen-bond acceptors (Lipinski definition) is 3. The van der Waals surface area contributed by atoms with Gasteiger partial charge < -0.3 is 10.1 Å². The van der Waals surface area contributed by atoms with Crippen molar-refractivity contribution in [2.24, 2.45) is 0 Å². The van der Waals surface area contributed by atoms with Crippen LogP contribution in [-0.4, -0.2) is 19.1 Å². The van der Waals surface area contributed by atoms with Crippen LogP contribution in [0.1, 0.15) is 28.4 Å². The summed E-state index contributed by atoms with van der Waals surface area (Å²) in [6.07, 6.45) is 1.01. The summed E-state index contributed by atoms with van der Waals surface area (Å²) in [6, 6.07) is 23.5. The lowest BCUT2D eigenvalue weighted by Crippen LogP contribution is -2.28. The molecule has 1 N–H and O–H groups in total. The molecule has 1 amide bonds. The highest BCUT2D eigenvalue weighted by Gasteiger charge is 2.05. The van der Waals surface area contributed by atoms with E-state index in [-0.39, 0.29) is 5.91 Å². The molecule has 0 spiro atoms. The summed E-state index contributed by atoms with van der Waals surface area (Å²) in [7, 11) is 0. The number of carbonyl (C=O) groups excluding carboxylic acids is 1. The van der Waals surface area contributed by atoms with Gasteiger partial charge in [-0.2, -0.15) is 0 Å². The molecule has 150 valence electrons. The van der Waals surface area contributed by atoms with Crippen LogP contribution in [0.2, 0.25) is 5.02 Å². The molecule has 0 radical (unpaired) electrons. The highest BCUT2D eigenvalue weighted by atomic mass is 35.5. The molecular formula is C24H24ClNO2S. The van der Waals surface area contributed by atoms with E-state index in [1.165, 1.54) is 16.0 Å². The first-order valence-corrected chi connectivity index (χ1v) is 11.0. The molecular weight excluding hydrogens is 402 g/mol. The Labute approximate surface area is 181 Å². The molecule has 0 aliphatic carbocycles. The molecule has 5 heteroatoms. The summed E-state index contributed by atoms with van der Waals surface area (Å²) in [5.74, 6) is 1.57. The molecule has 0 saturated carbocycles. The molecule has 3 nitrogen and oxygen atoms in total. The molecule has 0 unspecified atom stereocenters. The molecule has 0 bridgehead atoms. The van der Waals surface area contributed by atoms with Crippen molar-refractivity contribution in [3.8, 4) is 5.75 Å². The van der Waals surface area contributed by atoms with Crippen LogP contribution in [-0.2, 0) is 12.2 Å². The van der Waals surface area contributed by atoms with Crippen LogP contribution >= 0.6 is 23.4 Å². The highest BCUT2D eigenvalue weighted by Crippen LogP contribution is 2.24. The quantitative estimate of drug-likeness (QED) is 0.337. The standard InChI is InChI=1S/C24H24ClNO2S/c1-2-18-5-11-22(12-6-18)28-16-15-26-24(27)20-7-3-19(4-8-20)17-29-23-13-9-21(25)10-14-23/h3-14H,2,15-17H2,1H3,(H,26,27). The second-order valence-electron chi connectivity index (χ2n) is 6.54. The summed E-state index contributed by atoms with van der Waals surface area (Å²) < 4.78 is 5.67. The van der Waals surface area contributed by atoms with Crippen molar-refractivity contribution in [1.82, 2.24) is 5.32 Å². The van der Waals surface area contributed by atoms with Crippen molar-refractivity contribution in [1.29, 1.82) is 0 Å². The van der Waals surface area contributed by atoms with E-state index in [2.05, 4.69) is 24.4 Å². The Balaban J connectivity index is 1.40. The first-order valence-electron chi connectivity index (χ1n) is 9.61. The van der Waals surface area contributed by atoms with Gasteiger partial charge in [0.15, 0.2) is 0 Å². The average molecular weight is 426 g/mol. The summed E-state index contributed by atoms with van der Waals surface area (Å²) in [5.41, 5.74) is 3.10. The van der Waals surface area contributed by atoms with E-state index in [0.717, 1.165) is 22.9 Å². The van der Waals surface area contributed by atoms with E-state index in [1.54, 1.807) is 11.8 Å². The SMILES string of the molecule is CCc1ccc(OCCNC(=O)c2ccc(CSc3ccc(Cl)cc3)cc2)cc1. The monoisotopic (exact) mass is 425 g/mol. The zero-order valence-electron chi connectivity index (χ0n) is 16.4. The number of nitrogens with one attached hydrogen (secondary N) is 1. The third-order valence-corrected chi connectivity index (χ3v) is 5.76. The molecule has 0 aliphatic heterocycles. The van der Waals surface area contributed by atoms with Crippen molar-refractivity contribution >= 4 is 29.3 Å². The van der Waals surface area contributed by atoms with Crippen LogP contribution in [0.5, 0.6) is 5.75 Å². The van der Waals surface area contributed by atoms with Gasteiger partial charge in [0.2, 0.25) is 0 Å². The number of halogens is 1. The predicted molar refractivity (Wildman–Crippen MR) is 121 cm³/mol. The maximum absolute atomic E-state index is 12.3. The Hall–Kier alpha value is -2.43. The van der Waals surface area contributed by atoms with Crippen molar-refractivity contribution in [3.05, 3.63) is 94.5 Å². The molecule has 0 aliphatic rings. The molecule has 0 fully saturated rings. The van der Waals surface area contributed by atoms with E-state index in [1.807, 2.05) is 60.7 Å². The van der Waals surface area contributed by atoms with Gasteiger partial charge in [-0.15, -0.1) is 11.8 Å². The summed E-state index contributed by atoms with van der Waals surface area (Å²) in [5, 5.41) is 3.63. The third-order valence-electron chi connectivity index (χ3n) is 4.42. The predicted octanol–water partition coefficient (Wildman–Crippen LogP) is 6.00. The highest BCUT2D eigenvalue weighted by molar-refractivity contribution is 7.98.